The van der Waals surface area contributed by atoms with Crippen molar-refractivity contribution in [2.45, 2.75) is 12.7 Å². The predicted molar refractivity (Wildman–Crippen MR) is 35.6 cm³/mol. The lowest BCUT2D eigenvalue weighted by atomic mass is 10.3. The summed E-state index contributed by atoms with van der Waals surface area (Å²) < 4.78 is 9.66. The Morgan fingerprint density at radius 1 is 1.56 bits per heavy atom. The Morgan fingerprint density at radius 3 is 2.44 bits per heavy atom. The average molecular weight is 127 g/mol. The van der Waals surface area contributed by atoms with Crippen LogP contribution in [0.4, 0.5) is 0 Å². The smallest absolute Gasteiger partial charge is 0.160 e. The van der Waals surface area contributed by atoms with Crippen LogP contribution in [0.15, 0.2) is 0 Å². The van der Waals surface area contributed by atoms with Crippen LogP contribution < -0.4 is 0 Å². The van der Waals surface area contributed by atoms with Crippen LogP contribution in [0.25, 0.3) is 0 Å². The molecule has 0 aliphatic carbocycles. The van der Waals surface area contributed by atoms with Gasteiger partial charge in [-0.1, -0.05) is 0 Å². The highest BCUT2D eigenvalue weighted by atomic mass is 16.7. The van der Waals surface area contributed by atoms with E-state index >= 15 is 0 Å². The first-order valence-corrected chi connectivity index (χ1v) is 2.67. The Hall–Kier alpha value is -0.520. The van der Waals surface area contributed by atoms with Gasteiger partial charge in [-0.15, -0.1) is 12.3 Å². The van der Waals surface area contributed by atoms with E-state index in [4.69, 9.17) is 15.9 Å². The topological polar surface area (TPSA) is 18.5 Å². The van der Waals surface area contributed by atoms with Crippen molar-refractivity contribution in [2.75, 3.05) is 14.2 Å². The van der Waals surface area contributed by atoms with Gasteiger partial charge in [-0.2, -0.15) is 0 Å². The molecule has 0 aromatic heterocycles. The lowest BCUT2D eigenvalue weighted by Crippen LogP contribution is -2.12. The second-order valence-electron chi connectivity index (χ2n) is 1.48. The van der Waals surface area contributed by atoms with Crippen LogP contribution in [0.5, 0.6) is 0 Å². The molecular weight excluding hydrogens is 116 g/mol. The zero-order valence-corrected chi connectivity index (χ0v) is 5.76. The lowest BCUT2D eigenvalue weighted by molar-refractivity contribution is -0.0786. The molecule has 1 radical (unpaired) electrons. The first-order valence-electron chi connectivity index (χ1n) is 2.67. The standard InChI is InChI=1S/C7H11O2/c1-4-5-6-7(8-2)9-3/h1,6-7H,5H2,2-3H3. The summed E-state index contributed by atoms with van der Waals surface area (Å²) in [5.74, 6) is 2.45. The van der Waals surface area contributed by atoms with Crippen LogP contribution in [0.3, 0.4) is 0 Å². The molecule has 0 atom stereocenters. The largest absolute Gasteiger partial charge is 0.356 e. The van der Waals surface area contributed by atoms with E-state index in [-0.39, 0.29) is 6.29 Å². The van der Waals surface area contributed by atoms with Crippen molar-refractivity contribution in [2.24, 2.45) is 0 Å². The molecule has 0 spiro atoms. The molecule has 0 N–H and O–H groups in total. The first-order chi connectivity index (χ1) is 4.35. The number of hydrogen-bond donors (Lipinski definition) is 0. The van der Waals surface area contributed by atoms with Gasteiger partial charge in [0.05, 0.1) is 0 Å². The molecule has 2 nitrogen and oxygen atoms in total. The molecule has 0 fully saturated rings. The second-order valence-corrected chi connectivity index (χ2v) is 1.48. The summed E-state index contributed by atoms with van der Waals surface area (Å²) in [7, 11) is 3.14. The Kier molecular flexibility index (Phi) is 5.29. The molecule has 0 heterocycles. The van der Waals surface area contributed by atoms with Gasteiger partial charge in [0.15, 0.2) is 6.29 Å². The highest BCUT2D eigenvalue weighted by Crippen LogP contribution is 1.97. The van der Waals surface area contributed by atoms with E-state index in [1.165, 1.54) is 0 Å². The molecule has 0 saturated carbocycles. The zero-order valence-electron chi connectivity index (χ0n) is 5.76. The molecule has 0 bridgehead atoms. The van der Waals surface area contributed by atoms with E-state index in [9.17, 15) is 0 Å². The van der Waals surface area contributed by atoms with Crippen molar-refractivity contribution < 1.29 is 9.47 Å². The minimum Gasteiger partial charge on any atom is -0.356 e. The summed E-state index contributed by atoms with van der Waals surface area (Å²) in [6.07, 6.45) is 7.08. The normalized spacial score (nSPS) is 9.56. The third-order valence-electron chi connectivity index (χ3n) is 0.893. The molecule has 0 aromatic carbocycles. The van der Waals surface area contributed by atoms with Crippen LogP contribution in [-0.4, -0.2) is 20.5 Å². The molecule has 0 aromatic rings. The van der Waals surface area contributed by atoms with Crippen molar-refractivity contribution in [1.82, 2.24) is 0 Å². The van der Waals surface area contributed by atoms with Gasteiger partial charge in [0, 0.05) is 27.1 Å². The molecule has 9 heavy (non-hydrogen) atoms. The summed E-state index contributed by atoms with van der Waals surface area (Å²) in [6.45, 7) is 0. The fraction of sp³-hybridized carbons (Fsp3) is 0.571. The molecule has 2 heteroatoms. The maximum Gasteiger partial charge on any atom is 0.160 e. The predicted octanol–water partition coefficient (Wildman–Crippen LogP) is 0.833. The molecular formula is C7H11O2. The fourth-order valence-electron chi connectivity index (χ4n) is 0.453. The van der Waals surface area contributed by atoms with Gasteiger partial charge in [0.1, 0.15) is 0 Å². The van der Waals surface area contributed by atoms with E-state index < -0.39 is 0 Å². The summed E-state index contributed by atoms with van der Waals surface area (Å²) in [4.78, 5) is 0. The van der Waals surface area contributed by atoms with Crippen molar-refractivity contribution >= 4 is 0 Å². The van der Waals surface area contributed by atoms with Gasteiger partial charge in [0.25, 0.3) is 0 Å². The number of terminal acetylenes is 1. The minimum absolute atomic E-state index is 0.263. The summed E-state index contributed by atoms with van der Waals surface area (Å²) >= 11 is 0. The maximum absolute atomic E-state index is 4.99. The maximum atomic E-state index is 4.99. The van der Waals surface area contributed by atoms with Gasteiger partial charge in [-0.05, 0) is 0 Å². The number of hydrogen-bond acceptors (Lipinski definition) is 2. The quantitative estimate of drug-likeness (QED) is 0.411. The summed E-state index contributed by atoms with van der Waals surface area (Å²) in [5.41, 5.74) is 0. The van der Waals surface area contributed by atoms with Crippen molar-refractivity contribution in [1.29, 1.82) is 0 Å². The van der Waals surface area contributed by atoms with Gasteiger partial charge < -0.3 is 9.47 Å². The Morgan fingerprint density at radius 2 is 2.11 bits per heavy atom. The number of methoxy groups -OCH3 is 2. The first kappa shape index (κ1) is 8.48. The SMILES string of the molecule is C#CC[CH]C(OC)OC. The Labute approximate surface area is 56.2 Å². The van der Waals surface area contributed by atoms with Crippen LogP contribution in [0.1, 0.15) is 6.42 Å². The van der Waals surface area contributed by atoms with E-state index in [0.717, 1.165) is 0 Å². The molecule has 0 saturated heterocycles. The molecule has 0 rings (SSSR count). The van der Waals surface area contributed by atoms with Crippen molar-refractivity contribution in [3.8, 4) is 12.3 Å². The van der Waals surface area contributed by atoms with E-state index in [0.29, 0.717) is 6.42 Å². The highest BCUT2D eigenvalue weighted by Gasteiger charge is 2.01. The molecule has 0 unspecified atom stereocenters. The zero-order chi connectivity index (χ0) is 7.11. The minimum atomic E-state index is -0.263. The third-order valence-corrected chi connectivity index (χ3v) is 0.893. The van der Waals surface area contributed by atoms with Crippen LogP contribution >= 0.6 is 0 Å². The van der Waals surface area contributed by atoms with E-state index in [2.05, 4.69) is 5.92 Å². The molecule has 51 valence electrons. The van der Waals surface area contributed by atoms with Crippen LogP contribution in [-0.2, 0) is 9.47 Å². The average Bonchev–Trinajstić information content (AvgIpc) is 1.91. The van der Waals surface area contributed by atoms with Crippen LogP contribution in [0.2, 0.25) is 0 Å². The number of ether oxygens (including phenoxy) is 2. The summed E-state index contributed by atoms with van der Waals surface area (Å²) in [6, 6.07) is 0. The Bertz CT molecular complexity index is 89.6. The van der Waals surface area contributed by atoms with E-state index in [1.54, 1.807) is 20.6 Å². The summed E-state index contributed by atoms with van der Waals surface area (Å²) in [5, 5.41) is 0. The number of rotatable bonds is 4. The highest BCUT2D eigenvalue weighted by molar-refractivity contribution is 4.91. The molecule has 0 aliphatic heterocycles. The lowest BCUT2D eigenvalue weighted by Gasteiger charge is -2.09. The van der Waals surface area contributed by atoms with Crippen molar-refractivity contribution in [3.05, 3.63) is 6.42 Å². The molecule has 0 amide bonds. The Balaban J connectivity index is 3.22. The monoisotopic (exact) mass is 127 g/mol. The third kappa shape index (κ3) is 4.01. The van der Waals surface area contributed by atoms with Crippen LogP contribution in [0, 0.1) is 18.8 Å². The van der Waals surface area contributed by atoms with Gasteiger partial charge in [-0.3, -0.25) is 0 Å². The second kappa shape index (κ2) is 5.61. The van der Waals surface area contributed by atoms with Gasteiger partial charge in [0.2, 0.25) is 0 Å². The van der Waals surface area contributed by atoms with Crippen molar-refractivity contribution in [3.63, 3.8) is 0 Å². The molecule has 0 aliphatic rings. The fourth-order valence-corrected chi connectivity index (χ4v) is 0.453. The van der Waals surface area contributed by atoms with Gasteiger partial charge >= 0.3 is 0 Å². The van der Waals surface area contributed by atoms with Gasteiger partial charge in [-0.25, -0.2) is 0 Å². The van der Waals surface area contributed by atoms with E-state index in [1.807, 2.05) is 0 Å².